The molecule has 0 amide bonds. The van der Waals surface area contributed by atoms with Gasteiger partial charge in [0.1, 0.15) is 5.82 Å². The zero-order valence-electron chi connectivity index (χ0n) is 25.0. The van der Waals surface area contributed by atoms with E-state index in [2.05, 4.69) is 29.3 Å². The van der Waals surface area contributed by atoms with Gasteiger partial charge >= 0.3 is 0 Å². The average molecular weight is 629 g/mol. The number of nitrogens with one attached hydrogen (secondary N) is 1. The molecule has 0 saturated heterocycles. The van der Waals surface area contributed by atoms with E-state index in [-0.39, 0.29) is 17.5 Å². The molecule has 44 heavy (non-hydrogen) atoms. The summed E-state index contributed by atoms with van der Waals surface area (Å²) in [6.07, 6.45) is 1.21. The van der Waals surface area contributed by atoms with Crippen LogP contribution in [0, 0.1) is 0 Å². The van der Waals surface area contributed by atoms with E-state index in [1.165, 1.54) is 6.26 Å². The van der Waals surface area contributed by atoms with Gasteiger partial charge in [-0.3, -0.25) is 0 Å². The molecule has 4 aromatic carbocycles. The Morgan fingerprint density at radius 1 is 0.886 bits per heavy atom. The zero-order chi connectivity index (χ0) is 31.1. The molecule has 0 aliphatic carbocycles. The first-order chi connectivity index (χ1) is 21.3. The highest BCUT2D eigenvalue weighted by Crippen LogP contribution is 2.34. The third-order valence-electron chi connectivity index (χ3n) is 7.27. The Bertz CT molecular complexity index is 1830. The Labute approximate surface area is 263 Å². The van der Waals surface area contributed by atoms with Crippen LogP contribution in [0.5, 0.6) is 0 Å². The summed E-state index contributed by atoms with van der Waals surface area (Å²) < 4.78 is 29.6. The van der Waals surface area contributed by atoms with Crippen LogP contribution >= 0.6 is 11.8 Å². The maximum Gasteiger partial charge on any atom is 0.225 e. The fourth-order valence-electron chi connectivity index (χ4n) is 4.94. The lowest BCUT2D eigenvalue weighted by Crippen LogP contribution is -2.36. The lowest BCUT2D eigenvalue weighted by Gasteiger charge is -2.31. The second kappa shape index (κ2) is 14.2. The number of para-hydroxylation sites is 1. The van der Waals surface area contributed by atoms with Crippen LogP contribution in [0.1, 0.15) is 23.6 Å². The quantitative estimate of drug-likeness (QED) is 0.155. The molecule has 8 nitrogen and oxygen atoms in total. The Morgan fingerprint density at radius 3 is 2.20 bits per heavy atom. The third kappa shape index (κ3) is 7.57. The molecule has 5 aromatic rings. The summed E-state index contributed by atoms with van der Waals surface area (Å²) in [6.45, 7) is 3.54. The van der Waals surface area contributed by atoms with Gasteiger partial charge in [-0.05, 0) is 60.0 Å². The van der Waals surface area contributed by atoms with Gasteiger partial charge in [0.2, 0.25) is 5.95 Å². The lowest BCUT2D eigenvalue weighted by molar-refractivity contribution is 0.181. The van der Waals surface area contributed by atoms with Gasteiger partial charge in [-0.2, -0.15) is 4.98 Å². The number of methoxy groups -OCH3 is 1. The summed E-state index contributed by atoms with van der Waals surface area (Å²) in [5.74, 6) is 1.26. The van der Waals surface area contributed by atoms with E-state index in [4.69, 9.17) is 14.7 Å². The zero-order valence-corrected chi connectivity index (χ0v) is 26.6. The highest BCUT2D eigenvalue weighted by atomic mass is 32.2. The van der Waals surface area contributed by atoms with Crippen molar-refractivity contribution in [3.05, 3.63) is 114 Å². The molecule has 0 aliphatic heterocycles. The topological polar surface area (TPSA) is 105 Å². The van der Waals surface area contributed by atoms with Crippen LogP contribution in [-0.4, -0.2) is 49.5 Å². The Hall–Kier alpha value is -3.96. The van der Waals surface area contributed by atoms with Crippen molar-refractivity contribution in [3.8, 4) is 0 Å². The molecular formula is C34H36N4O4S2. The van der Waals surface area contributed by atoms with Crippen molar-refractivity contribution in [3.63, 3.8) is 0 Å². The minimum atomic E-state index is -3.29. The third-order valence-corrected chi connectivity index (χ3v) is 9.64. The van der Waals surface area contributed by atoms with Crippen molar-refractivity contribution in [2.24, 2.45) is 0 Å². The Kier molecular flexibility index (Phi) is 10.2. The van der Waals surface area contributed by atoms with Gasteiger partial charge in [0.15, 0.2) is 9.84 Å². The number of sulfone groups is 1. The van der Waals surface area contributed by atoms with Crippen molar-refractivity contribution in [2.45, 2.75) is 47.3 Å². The predicted octanol–water partition coefficient (Wildman–Crippen LogP) is 6.33. The van der Waals surface area contributed by atoms with Crippen LogP contribution in [0.4, 0.5) is 11.8 Å². The van der Waals surface area contributed by atoms with Gasteiger partial charge < -0.3 is 20.1 Å². The van der Waals surface area contributed by atoms with E-state index >= 15 is 0 Å². The normalized spacial score (nSPS) is 12.3. The largest absolute Gasteiger partial charge is 0.392 e. The number of anilines is 2. The van der Waals surface area contributed by atoms with Crippen molar-refractivity contribution >= 4 is 44.3 Å². The SMILES string of the molecule is COCC(C)N(Cc1ccc(S(C)(=O)=O)cc1)c1nc(NCc2ccccc2Sc2ccccc2CO)nc2ccccc12. The molecule has 1 aromatic heterocycles. The first-order valence-corrected chi connectivity index (χ1v) is 17.0. The average Bonchev–Trinajstić information content (AvgIpc) is 3.03. The van der Waals surface area contributed by atoms with E-state index in [1.807, 2.05) is 72.8 Å². The monoisotopic (exact) mass is 628 g/mol. The highest BCUT2D eigenvalue weighted by Gasteiger charge is 2.21. The van der Waals surface area contributed by atoms with E-state index in [0.717, 1.165) is 43.2 Å². The van der Waals surface area contributed by atoms with Crippen LogP contribution in [0.15, 0.2) is 112 Å². The number of rotatable bonds is 13. The number of ether oxygens (including phenoxy) is 1. The van der Waals surface area contributed by atoms with Gasteiger partial charge in [0.25, 0.3) is 0 Å². The summed E-state index contributed by atoms with van der Waals surface area (Å²) in [7, 11) is -1.61. The first-order valence-electron chi connectivity index (χ1n) is 14.3. The summed E-state index contributed by atoms with van der Waals surface area (Å²) >= 11 is 1.62. The summed E-state index contributed by atoms with van der Waals surface area (Å²) in [6, 6.07) is 30.9. The minimum absolute atomic E-state index is 0.0167. The van der Waals surface area contributed by atoms with Crippen LogP contribution in [-0.2, 0) is 34.3 Å². The van der Waals surface area contributed by atoms with E-state index in [9.17, 15) is 13.5 Å². The molecule has 1 atom stereocenters. The second-order valence-corrected chi connectivity index (χ2v) is 13.7. The number of aliphatic hydroxyl groups is 1. The smallest absolute Gasteiger partial charge is 0.225 e. The van der Waals surface area contributed by atoms with E-state index in [0.29, 0.717) is 25.6 Å². The number of fused-ring (bicyclic) bond motifs is 1. The first kappa shape index (κ1) is 31.5. The van der Waals surface area contributed by atoms with Gasteiger partial charge in [-0.1, -0.05) is 72.4 Å². The number of benzene rings is 4. The highest BCUT2D eigenvalue weighted by molar-refractivity contribution is 7.99. The summed E-state index contributed by atoms with van der Waals surface area (Å²) in [5.41, 5.74) is 3.73. The molecule has 1 unspecified atom stereocenters. The number of nitrogens with zero attached hydrogens (tertiary/aromatic N) is 3. The molecule has 228 valence electrons. The van der Waals surface area contributed by atoms with Crippen LogP contribution in [0.2, 0.25) is 0 Å². The Morgan fingerprint density at radius 2 is 1.52 bits per heavy atom. The lowest BCUT2D eigenvalue weighted by atomic mass is 10.1. The maximum atomic E-state index is 12.0. The van der Waals surface area contributed by atoms with Gasteiger partial charge in [-0.25, -0.2) is 13.4 Å². The fourth-order valence-corrected chi connectivity index (χ4v) is 6.64. The molecule has 0 spiro atoms. The van der Waals surface area contributed by atoms with Crippen LogP contribution in [0.3, 0.4) is 0 Å². The maximum absolute atomic E-state index is 12.0. The molecule has 5 rings (SSSR count). The number of hydrogen-bond donors (Lipinski definition) is 2. The van der Waals surface area contributed by atoms with E-state index < -0.39 is 9.84 Å². The standard InChI is InChI=1S/C34H36N4O4S2/c1-24(23-42-2)38(21-25-16-18-28(19-17-25)44(3,40)41)33-29-12-6-7-13-30(29)36-34(37-33)35-20-26-10-4-8-14-31(26)43-32-15-9-5-11-27(32)22-39/h4-19,24,39H,20-23H2,1-3H3,(H,35,36,37). The van der Waals surface area contributed by atoms with Gasteiger partial charge in [0.05, 0.1) is 29.7 Å². The molecule has 1 heterocycles. The summed E-state index contributed by atoms with van der Waals surface area (Å²) in [4.78, 5) is 14.4. The number of aromatic nitrogens is 2. The molecule has 0 aliphatic rings. The molecule has 0 saturated carbocycles. The summed E-state index contributed by atoms with van der Waals surface area (Å²) in [5, 5.41) is 14.2. The molecule has 2 N–H and O–H groups in total. The number of hydrogen-bond acceptors (Lipinski definition) is 9. The fraction of sp³-hybridized carbons (Fsp3) is 0.235. The van der Waals surface area contributed by atoms with Gasteiger partial charge in [0, 0.05) is 41.6 Å². The predicted molar refractivity (Wildman–Crippen MR) is 177 cm³/mol. The molecule has 0 radical (unpaired) electrons. The van der Waals surface area contributed by atoms with E-state index in [1.54, 1.807) is 31.0 Å². The number of aliphatic hydroxyl groups excluding tert-OH is 1. The van der Waals surface area contributed by atoms with Crippen molar-refractivity contribution in [2.75, 3.05) is 30.2 Å². The van der Waals surface area contributed by atoms with Gasteiger partial charge in [-0.15, -0.1) is 0 Å². The minimum Gasteiger partial charge on any atom is -0.392 e. The Balaban J connectivity index is 1.46. The molecular weight excluding hydrogens is 593 g/mol. The van der Waals surface area contributed by atoms with Crippen molar-refractivity contribution in [1.82, 2.24) is 9.97 Å². The second-order valence-electron chi connectivity index (χ2n) is 10.6. The van der Waals surface area contributed by atoms with Crippen LogP contribution in [0.25, 0.3) is 10.9 Å². The van der Waals surface area contributed by atoms with Crippen molar-refractivity contribution < 1.29 is 18.3 Å². The van der Waals surface area contributed by atoms with Crippen LogP contribution < -0.4 is 10.2 Å². The molecule has 10 heteroatoms. The molecule has 0 bridgehead atoms. The van der Waals surface area contributed by atoms with Crippen molar-refractivity contribution in [1.29, 1.82) is 0 Å². The molecule has 0 fully saturated rings.